The van der Waals surface area contributed by atoms with Gasteiger partial charge in [-0.05, 0) is 61.3 Å². The van der Waals surface area contributed by atoms with Crippen molar-refractivity contribution in [3.63, 3.8) is 0 Å². The Morgan fingerprint density at radius 3 is 2.61 bits per heavy atom. The third kappa shape index (κ3) is 3.79. The molecule has 0 spiro atoms. The average Bonchev–Trinajstić information content (AvgIpc) is 3.32. The zero-order valence-corrected chi connectivity index (χ0v) is 20.0. The summed E-state index contributed by atoms with van der Waals surface area (Å²) in [6.07, 6.45) is 1.84. The SMILES string of the molecule is COCCN1C(=S)N[C@H](c2ccccn2)[C@@H]1c1cc(C)n(-c2cccc3ccccc23)c1C. The molecule has 1 aliphatic rings. The number of hydrogen-bond acceptors (Lipinski definition) is 3. The summed E-state index contributed by atoms with van der Waals surface area (Å²) >= 11 is 5.77. The summed E-state index contributed by atoms with van der Waals surface area (Å²) in [6.45, 7) is 5.70. The number of rotatable bonds is 6. The lowest BCUT2D eigenvalue weighted by atomic mass is 9.97. The normalized spacial score (nSPS) is 18.2. The van der Waals surface area contributed by atoms with Gasteiger partial charge in [-0.15, -0.1) is 0 Å². The molecule has 5 rings (SSSR count). The van der Waals surface area contributed by atoms with E-state index in [1.54, 1.807) is 7.11 Å². The molecular formula is C27H28N4OS. The first kappa shape index (κ1) is 21.6. The van der Waals surface area contributed by atoms with Crippen LogP contribution in [0.25, 0.3) is 16.5 Å². The first-order chi connectivity index (χ1) is 16.1. The lowest BCUT2D eigenvalue weighted by Gasteiger charge is -2.28. The number of nitrogens with zero attached hydrogens (tertiary/aromatic N) is 3. The van der Waals surface area contributed by atoms with Gasteiger partial charge in [-0.1, -0.05) is 42.5 Å². The molecule has 4 aromatic rings. The summed E-state index contributed by atoms with van der Waals surface area (Å²) in [5.74, 6) is 0. The van der Waals surface area contributed by atoms with Crippen molar-refractivity contribution in [3.05, 3.63) is 95.6 Å². The van der Waals surface area contributed by atoms with E-state index in [0.29, 0.717) is 13.2 Å². The van der Waals surface area contributed by atoms with Crippen LogP contribution in [-0.4, -0.2) is 39.8 Å². The second-order valence-corrected chi connectivity index (χ2v) is 8.86. The van der Waals surface area contributed by atoms with Gasteiger partial charge >= 0.3 is 0 Å². The molecule has 1 saturated heterocycles. The zero-order chi connectivity index (χ0) is 22.9. The van der Waals surface area contributed by atoms with Gasteiger partial charge in [-0.2, -0.15) is 0 Å². The van der Waals surface area contributed by atoms with Gasteiger partial charge in [-0.25, -0.2) is 0 Å². The van der Waals surface area contributed by atoms with Crippen LogP contribution in [0.1, 0.15) is 34.7 Å². The fourth-order valence-electron chi connectivity index (χ4n) is 5.04. The number of hydrogen-bond donors (Lipinski definition) is 1. The maximum atomic E-state index is 5.77. The molecule has 1 N–H and O–H groups in total. The van der Waals surface area contributed by atoms with Crippen LogP contribution >= 0.6 is 12.2 Å². The van der Waals surface area contributed by atoms with E-state index in [-0.39, 0.29) is 12.1 Å². The second kappa shape index (κ2) is 8.96. The number of aryl methyl sites for hydroxylation is 1. The first-order valence-corrected chi connectivity index (χ1v) is 11.6. The van der Waals surface area contributed by atoms with E-state index in [0.717, 1.165) is 10.8 Å². The van der Waals surface area contributed by atoms with Crippen molar-refractivity contribution in [2.75, 3.05) is 20.3 Å². The van der Waals surface area contributed by atoms with E-state index < -0.39 is 0 Å². The van der Waals surface area contributed by atoms with Crippen LogP contribution in [0, 0.1) is 13.8 Å². The third-order valence-electron chi connectivity index (χ3n) is 6.53. The molecule has 168 valence electrons. The Morgan fingerprint density at radius 2 is 1.82 bits per heavy atom. The van der Waals surface area contributed by atoms with E-state index in [9.17, 15) is 0 Å². The van der Waals surface area contributed by atoms with Crippen molar-refractivity contribution in [1.82, 2.24) is 19.8 Å². The molecule has 1 aliphatic heterocycles. The Hall–Kier alpha value is -3.22. The van der Waals surface area contributed by atoms with Crippen LogP contribution in [0.2, 0.25) is 0 Å². The monoisotopic (exact) mass is 456 g/mol. The predicted octanol–water partition coefficient (Wildman–Crippen LogP) is 5.26. The van der Waals surface area contributed by atoms with E-state index in [1.165, 1.54) is 33.4 Å². The predicted molar refractivity (Wildman–Crippen MR) is 137 cm³/mol. The van der Waals surface area contributed by atoms with Gasteiger partial charge in [0.05, 0.1) is 30.1 Å². The number of pyridine rings is 1. The van der Waals surface area contributed by atoms with Crippen molar-refractivity contribution in [2.24, 2.45) is 0 Å². The third-order valence-corrected chi connectivity index (χ3v) is 6.88. The highest BCUT2D eigenvalue weighted by Crippen LogP contribution is 2.41. The lowest BCUT2D eigenvalue weighted by molar-refractivity contribution is 0.164. The molecule has 3 heterocycles. The van der Waals surface area contributed by atoms with Crippen molar-refractivity contribution in [3.8, 4) is 5.69 Å². The minimum Gasteiger partial charge on any atom is -0.383 e. The van der Waals surface area contributed by atoms with Crippen molar-refractivity contribution in [1.29, 1.82) is 0 Å². The Balaban J connectivity index is 1.66. The molecule has 0 unspecified atom stereocenters. The fourth-order valence-corrected chi connectivity index (χ4v) is 5.37. The molecule has 5 nitrogen and oxygen atoms in total. The van der Waals surface area contributed by atoms with Crippen LogP contribution in [0.15, 0.2) is 72.9 Å². The molecule has 2 aromatic carbocycles. The molecule has 33 heavy (non-hydrogen) atoms. The summed E-state index contributed by atoms with van der Waals surface area (Å²) in [7, 11) is 1.73. The van der Waals surface area contributed by atoms with Gasteiger partial charge < -0.3 is 19.5 Å². The molecule has 6 heteroatoms. The Labute approximate surface area is 200 Å². The van der Waals surface area contributed by atoms with Crippen LogP contribution in [0.3, 0.4) is 0 Å². The minimum atomic E-state index is -0.0305. The maximum Gasteiger partial charge on any atom is 0.170 e. The summed E-state index contributed by atoms with van der Waals surface area (Å²) in [5, 5.41) is 6.75. The highest BCUT2D eigenvalue weighted by molar-refractivity contribution is 7.80. The van der Waals surface area contributed by atoms with Crippen molar-refractivity contribution < 1.29 is 4.74 Å². The van der Waals surface area contributed by atoms with Crippen LogP contribution in [0.4, 0.5) is 0 Å². The Kier molecular flexibility index (Phi) is 5.87. The molecule has 0 radical (unpaired) electrons. The van der Waals surface area contributed by atoms with Gasteiger partial charge in [0.15, 0.2) is 5.11 Å². The van der Waals surface area contributed by atoms with Crippen LogP contribution in [0.5, 0.6) is 0 Å². The average molecular weight is 457 g/mol. The summed E-state index contributed by atoms with van der Waals surface area (Å²) < 4.78 is 7.77. The first-order valence-electron chi connectivity index (χ1n) is 11.2. The molecule has 2 atom stereocenters. The second-order valence-electron chi connectivity index (χ2n) is 8.47. The number of ether oxygens (including phenoxy) is 1. The summed E-state index contributed by atoms with van der Waals surface area (Å²) in [6, 6.07) is 23.4. The molecular weight excluding hydrogens is 428 g/mol. The largest absolute Gasteiger partial charge is 0.383 e. The topological polar surface area (TPSA) is 42.3 Å². The quantitative estimate of drug-likeness (QED) is 0.401. The zero-order valence-electron chi connectivity index (χ0n) is 19.2. The Morgan fingerprint density at radius 1 is 1.03 bits per heavy atom. The van der Waals surface area contributed by atoms with E-state index in [1.807, 2.05) is 18.3 Å². The lowest BCUT2D eigenvalue weighted by Crippen LogP contribution is -2.32. The maximum absolute atomic E-state index is 5.77. The van der Waals surface area contributed by atoms with Crippen molar-refractivity contribution >= 4 is 28.1 Å². The van der Waals surface area contributed by atoms with E-state index >= 15 is 0 Å². The minimum absolute atomic E-state index is 0.0254. The number of nitrogens with one attached hydrogen (secondary N) is 1. The van der Waals surface area contributed by atoms with Gasteiger partial charge in [0.2, 0.25) is 0 Å². The van der Waals surface area contributed by atoms with E-state index in [2.05, 4.69) is 88.2 Å². The summed E-state index contributed by atoms with van der Waals surface area (Å²) in [4.78, 5) is 6.90. The number of fused-ring (bicyclic) bond motifs is 1. The van der Waals surface area contributed by atoms with Gasteiger partial charge in [0.1, 0.15) is 0 Å². The highest BCUT2D eigenvalue weighted by atomic mass is 32.1. The van der Waals surface area contributed by atoms with E-state index in [4.69, 9.17) is 17.0 Å². The molecule has 1 fully saturated rings. The van der Waals surface area contributed by atoms with Crippen LogP contribution < -0.4 is 5.32 Å². The smallest absolute Gasteiger partial charge is 0.170 e. The standard InChI is InChI=1S/C27H28N4OS/c1-18-17-22(19(2)31(18)24-13-8-10-20-9-4-5-11-21(20)24)26-25(23-12-6-7-14-28-23)29-27(33)30(26)15-16-32-3/h4-14,17,25-26H,15-16H2,1-3H3,(H,29,33)/t25-,26+/m1/s1. The molecule has 0 amide bonds. The number of benzene rings is 2. The molecule has 0 aliphatic carbocycles. The van der Waals surface area contributed by atoms with Gasteiger partial charge in [-0.3, -0.25) is 4.98 Å². The van der Waals surface area contributed by atoms with Gasteiger partial charge in [0, 0.05) is 36.6 Å². The highest BCUT2D eigenvalue weighted by Gasteiger charge is 2.41. The number of methoxy groups -OCH3 is 1. The molecule has 0 saturated carbocycles. The number of aromatic nitrogens is 2. The van der Waals surface area contributed by atoms with Gasteiger partial charge in [0.25, 0.3) is 0 Å². The number of thiocarbonyl (C=S) groups is 1. The molecule has 0 bridgehead atoms. The Bertz CT molecular complexity index is 1290. The van der Waals surface area contributed by atoms with Crippen molar-refractivity contribution in [2.45, 2.75) is 25.9 Å². The fraction of sp³-hybridized carbons (Fsp3) is 0.259. The summed E-state index contributed by atoms with van der Waals surface area (Å²) in [5.41, 5.74) is 5.84. The molecule has 2 aromatic heterocycles. The van der Waals surface area contributed by atoms with Crippen LogP contribution in [-0.2, 0) is 4.74 Å².